The molecule has 0 bridgehead atoms. The minimum atomic E-state index is 0.0759. The van der Waals surface area contributed by atoms with Gasteiger partial charge in [-0.05, 0) is 60.6 Å². The molecule has 1 aromatic carbocycles. The number of hydrogen-bond donors (Lipinski definition) is 0. The first kappa shape index (κ1) is 15.0. The van der Waals surface area contributed by atoms with Crippen LogP contribution in [-0.4, -0.2) is 47.4 Å². The summed E-state index contributed by atoms with van der Waals surface area (Å²) in [6.45, 7) is 1.57. The molecule has 1 aliphatic heterocycles. The Hall–Kier alpha value is -1.95. The van der Waals surface area contributed by atoms with E-state index in [0.29, 0.717) is 22.6 Å². The Bertz CT molecular complexity index is 640. The van der Waals surface area contributed by atoms with Gasteiger partial charge < -0.3 is 9.64 Å². The number of likely N-dealkylation sites (tertiary alicyclic amines) is 1. The standard InChI is InChI=1S/C16H21N3O3/c1-21-10-4-6-13-5-2-3-9-19(13)16(20)12-7-8-14-15(11-12)18-22-17-14/h7-8,11,13H,2-6,9-10H2,1H3. The SMILES string of the molecule is COCCCC1CCCCN1C(=O)c1ccc2nonc2c1. The van der Waals surface area contributed by atoms with E-state index in [2.05, 4.69) is 10.3 Å². The molecule has 2 aromatic rings. The number of piperidine rings is 1. The summed E-state index contributed by atoms with van der Waals surface area (Å²) in [6.07, 6.45) is 5.31. The van der Waals surface area contributed by atoms with E-state index in [4.69, 9.17) is 9.37 Å². The van der Waals surface area contributed by atoms with Crippen LogP contribution in [0.4, 0.5) is 0 Å². The van der Waals surface area contributed by atoms with Gasteiger partial charge >= 0.3 is 0 Å². The monoisotopic (exact) mass is 303 g/mol. The van der Waals surface area contributed by atoms with Crippen LogP contribution in [0.15, 0.2) is 22.8 Å². The number of rotatable bonds is 5. The number of fused-ring (bicyclic) bond motifs is 1. The van der Waals surface area contributed by atoms with Gasteiger partial charge in [0.25, 0.3) is 5.91 Å². The third kappa shape index (κ3) is 3.11. The van der Waals surface area contributed by atoms with Crippen molar-refractivity contribution < 1.29 is 14.2 Å². The zero-order valence-electron chi connectivity index (χ0n) is 12.8. The van der Waals surface area contributed by atoms with Gasteiger partial charge in [-0.1, -0.05) is 0 Å². The molecule has 2 heterocycles. The number of methoxy groups -OCH3 is 1. The zero-order valence-corrected chi connectivity index (χ0v) is 12.8. The van der Waals surface area contributed by atoms with Crippen LogP contribution >= 0.6 is 0 Å². The lowest BCUT2D eigenvalue weighted by Crippen LogP contribution is -2.43. The first-order valence-corrected chi connectivity index (χ1v) is 7.82. The molecule has 1 aliphatic rings. The van der Waals surface area contributed by atoms with Crippen molar-refractivity contribution in [2.24, 2.45) is 0 Å². The number of amides is 1. The van der Waals surface area contributed by atoms with Gasteiger partial charge in [0.2, 0.25) is 0 Å². The smallest absolute Gasteiger partial charge is 0.254 e. The topological polar surface area (TPSA) is 68.5 Å². The molecule has 0 spiro atoms. The van der Waals surface area contributed by atoms with E-state index < -0.39 is 0 Å². The molecule has 3 rings (SSSR count). The number of aromatic nitrogens is 2. The normalized spacial score (nSPS) is 18.8. The predicted molar refractivity (Wildman–Crippen MR) is 81.6 cm³/mol. The predicted octanol–water partition coefficient (Wildman–Crippen LogP) is 2.64. The van der Waals surface area contributed by atoms with Crippen molar-refractivity contribution >= 4 is 16.9 Å². The van der Waals surface area contributed by atoms with Gasteiger partial charge in [-0.25, -0.2) is 4.63 Å². The summed E-state index contributed by atoms with van der Waals surface area (Å²) in [6, 6.07) is 5.65. The Morgan fingerprint density at radius 1 is 1.36 bits per heavy atom. The molecular weight excluding hydrogens is 282 g/mol. The van der Waals surface area contributed by atoms with E-state index in [0.717, 1.165) is 38.8 Å². The second-order valence-electron chi connectivity index (χ2n) is 5.75. The summed E-state index contributed by atoms with van der Waals surface area (Å²) in [5.74, 6) is 0.0759. The van der Waals surface area contributed by atoms with E-state index in [-0.39, 0.29) is 5.91 Å². The summed E-state index contributed by atoms with van der Waals surface area (Å²) in [4.78, 5) is 14.8. The van der Waals surface area contributed by atoms with Crippen LogP contribution < -0.4 is 0 Å². The summed E-state index contributed by atoms with van der Waals surface area (Å²) in [5.41, 5.74) is 1.95. The Labute approximate surface area is 129 Å². The number of carbonyl (C=O) groups excluding carboxylic acids is 1. The van der Waals surface area contributed by atoms with E-state index >= 15 is 0 Å². The molecule has 6 nitrogen and oxygen atoms in total. The van der Waals surface area contributed by atoms with Crippen LogP contribution in [0.1, 0.15) is 42.5 Å². The Morgan fingerprint density at radius 3 is 3.09 bits per heavy atom. The van der Waals surface area contributed by atoms with Crippen molar-refractivity contribution in [2.45, 2.75) is 38.1 Å². The second kappa shape index (κ2) is 6.87. The average Bonchev–Trinajstić information content (AvgIpc) is 3.02. The maximum Gasteiger partial charge on any atom is 0.254 e. The first-order valence-electron chi connectivity index (χ1n) is 7.82. The number of benzene rings is 1. The summed E-state index contributed by atoms with van der Waals surface area (Å²) in [7, 11) is 1.71. The van der Waals surface area contributed by atoms with E-state index in [1.807, 2.05) is 4.90 Å². The fourth-order valence-corrected chi connectivity index (χ4v) is 3.11. The second-order valence-corrected chi connectivity index (χ2v) is 5.75. The quantitative estimate of drug-likeness (QED) is 0.794. The molecule has 0 radical (unpaired) electrons. The maximum atomic E-state index is 12.8. The summed E-state index contributed by atoms with van der Waals surface area (Å²) < 4.78 is 9.82. The van der Waals surface area contributed by atoms with Crippen LogP contribution in [0.3, 0.4) is 0 Å². The fourth-order valence-electron chi connectivity index (χ4n) is 3.11. The summed E-state index contributed by atoms with van der Waals surface area (Å²) >= 11 is 0. The molecule has 1 aromatic heterocycles. The largest absolute Gasteiger partial charge is 0.385 e. The van der Waals surface area contributed by atoms with Gasteiger partial charge in [-0.2, -0.15) is 0 Å². The Balaban J connectivity index is 1.75. The van der Waals surface area contributed by atoms with Crippen molar-refractivity contribution in [2.75, 3.05) is 20.3 Å². The van der Waals surface area contributed by atoms with Crippen LogP contribution in [0, 0.1) is 0 Å². The minimum Gasteiger partial charge on any atom is -0.385 e. The molecule has 1 unspecified atom stereocenters. The molecule has 6 heteroatoms. The van der Waals surface area contributed by atoms with Gasteiger partial charge in [0.05, 0.1) is 0 Å². The van der Waals surface area contributed by atoms with Crippen LogP contribution in [0.5, 0.6) is 0 Å². The Kier molecular flexibility index (Phi) is 4.68. The Morgan fingerprint density at radius 2 is 2.23 bits per heavy atom. The van der Waals surface area contributed by atoms with Gasteiger partial charge in [-0.3, -0.25) is 4.79 Å². The highest BCUT2D eigenvalue weighted by atomic mass is 16.6. The minimum absolute atomic E-state index is 0.0759. The number of hydrogen-bond acceptors (Lipinski definition) is 5. The lowest BCUT2D eigenvalue weighted by atomic mass is 9.97. The van der Waals surface area contributed by atoms with Gasteiger partial charge in [-0.15, -0.1) is 0 Å². The third-order valence-corrected chi connectivity index (χ3v) is 4.27. The van der Waals surface area contributed by atoms with Gasteiger partial charge in [0.15, 0.2) is 0 Å². The van der Waals surface area contributed by atoms with E-state index in [1.165, 1.54) is 6.42 Å². The van der Waals surface area contributed by atoms with Crippen molar-refractivity contribution in [3.8, 4) is 0 Å². The highest BCUT2D eigenvalue weighted by Gasteiger charge is 2.27. The van der Waals surface area contributed by atoms with E-state index in [1.54, 1.807) is 25.3 Å². The van der Waals surface area contributed by atoms with Crippen molar-refractivity contribution in [3.05, 3.63) is 23.8 Å². The average molecular weight is 303 g/mol. The highest BCUT2D eigenvalue weighted by Crippen LogP contribution is 2.24. The van der Waals surface area contributed by atoms with Gasteiger partial charge in [0, 0.05) is 31.9 Å². The van der Waals surface area contributed by atoms with Crippen molar-refractivity contribution in [1.29, 1.82) is 0 Å². The molecule has 1 amide bonds. The fraction of sp³-hybridized carbons (Fsp3) is 0.562. The molecular formula is C16H21N3O3. The number of ether oxygens (including phenoxy) is 1. The molecule has 1 fully saturated rings. The van der Waals surface area contributed by atoms with Crippen LogP contribution in [0.25, 0.3) is 11.0 Å². The highest BCUT2D eigenvalue weighted by molar-refractivity contribution is 5.97. The lowest BCUT2D eigenvalue weighted by Gasteiger charge is -2.36. The number of nitrogens with zero attached hydrogens (tertiary/aromatic N) is 3. The van der Waals surface area contributed by atoms with Crippen LogP contribution in [0.2, 0.25) is 0 Å². The third-order valence-electron chi connectivity index (χ3n) is 4.27. The molecule has 1 saturated heterocycles. The number of carbonyl (C=O) groups is 1. The maximum absolute atomic E-state index is 12.8. The van der Waals surface area contributed by atoms with Crippen molar-refractivity contribution in [1.82, 2.24) is 15.2 Å². The molecule has 22 heavy (non-hydrogen) atoms. The lowest BCUT2D eigenvalue weighted by molar-refractivity contribution is 0.0585. The molecule has 0 saturated carbocycles. The first-order chi connectivity index (χ1) is 10.8. The molecule has 118 valence electrons. The molecule has 1 atom stereocenters. The van der Waals surface area contributed by atoms with E-state index in [9.17, 15) is 4.79 Å². The molecule has 0 aliphatic carbocycles. The van der Waals surface area contributed by atoms with Gasteiger partial charge in [0.1, 0.15) is 11.0 Å². The zero-order chi connectivity index (χ0) is 15.4. The molecule has 0 N–H and O–H groups in total. The van der Waals surface area contributed by atoms with Crippen molar-refractivity contribution in [3.63, 3.8) is 0 Å². The summed E-state index contributed by atoms with van der Waals surface area (Å²) in [5, 5.41) is 7.58. The van der Waals surface area contributed by atoms with Crippen LogP contribution in [-0.2, 0) is 4.74 Å².